The summed E-state index contributed by atoms with van der Waals surface area (Å²) in [5, 5.41) is 1.06. The minimum Gasteiger partial charge on any atom is -0.339 e. The summed E-state index contributed by atoms with van der Waals surface area (Å²) in [6, 6.07) is 14.3. The van der Waals surface area contributed by atoms with Gasteiger partial charge in [0.2, 0.25) is 11.8 Å². The lowest BCUT2D eigenvalue weighted by Gasteiger charge is -2.35. The van der Waals surface area contributed by atoms with Gasteiger partial charge in [0.1, 0.15) is 0 Å². The van der Waals surface area contributed by atoms with Gasteiger partial charge < -0.3 is 9.80 Å². The second kappa shape index (κ2) is 10.1. The molecule has 0 atom stereocenters. The number of carbonyl (C=O) groups is 2. The molecule has 3 heterocycles. The zero-order valence-electron chi connectivity index (χ0n) is 19.7. The van der Waals surface area contributed by atoms with Crippen LogP contribution in [-0.2, 0) is 22.7 Å². The van der Waals surface area contributed by atoms with Gasteiger partial charge in [-0.2, -0.15) is 0 Å². The smallest absolute Gasteiger partial charge is 0.261 e. The topological polar surface area (TPSA) is 110 Å². The lowest BCUT2D eigenvalue weighted by Crippen LogP contribution is -2.51. The van der Waals surface area contributed by atoms with Gasteiger partial charge in [0.15, 0.2) is 0 Å². The van der Waals surface area contributed by atoms with E-state index in [1.54, 1.807) is 46.2 Å². The molecule has 0 unspecified atom stereocenters. The molecule has 4 aromatic rings. The number of aromatic nitrogens is 4. The molecule has 1 saturated heterocycles. The van der Waals surface area contributed by atoms with Gasteiger partial charge in [-0.05, 0) is 24.3 Å². The van der Waals surface area contributed by atoms with Crippen LogP contribution >= 0.6 is 0 Å². The van der Waals surface area contributed by atoms with Gasteiger partial charge in [-0.3, -0.25) is 28.3 Å². The maximum Gasteiger partial charge on any atom is 0.261 e. The molecule has 2 aromatic carbocycles. The Bertz CT molecular complexity index is 1430. The van der Waals surface area contributed by atoms with Crippen molar-refractivity contribution in [2.24, 2.45) is 0 Å². The number of piperazine rings is 1. The summed E-state index contributed by atoms with van der Waals surface area (Å²) in [5.74, 6) is -0.119. The van der Waals surface area contributed by atoms with Crippen molar-refractivity contribution in [3.63, 3.8) is 0 Å². The number of hydrogen-bond donors (Lipinski definition) is 0. The zero-order valence-corrected chi connectivity index (χ0v) is 19.7. The van der Waals surface area contributed by atoms with Crippen LogP contribution in [0.3, 0.4) is 0 Å². The number of nitrogens with zero attached hydrogens (tertiary/aromatic N) is 6. The SMILES string of the molecule is O=C(CCn1cnc2ccccc2c1=O)N1CCN(C(=O)CCn2cnc3ccccc3c2=O)CC1. The number of fused-ring (bicyclic) bond motifs is 2. The molecule has 1 aliphatic heterocycles. The van der Waals surface area contributed by atoms with Crippen molar-refractivity contribution in [1.29, 1.82) is 0 Å². The van der Waals surface area contributed by atoms with Crippen LogP contribution in [0.15, 0.2) is 70.8 Å². The Morgan fingerprint density at radius 2 is 1.03 bits per heavy atom. The van der Waals surface area contributed by atoms with Crippen molar-refractivity contribution in [3.05, 3.63) is 81.9 Å². The highest BCUT2D eigenvalue weighted by molar-refractivity contribution is 5.79. The van der Waals surface area contributed by atoms with Crippen LogP contribution in [0.5, 0.6) is 0 Å². The van der Waals surface area contributed by atoms with Crippen molar-refractivity contribution in [2.45, 2.75) is 25.9 Å². The fraction of sp³-hybridized carbons (Fsp3) is 0.308. The standard InChI is InChI=1S/C26H26N6O4/c33-23(9-11-31-17-27-21-7-3-1-5-19(21)25(31)35)29-13-15-30(16-14-29)24(34)10-12-32-18-28-22-8-4-2-6-20(22)26(32)36/h1-8,17-18H,9-16H2. The lowest BCUT2D eigenvalue weighted by atomic mass is 10.2. The van der Waals surface area contributed by atoms with E-state index in [1.807, 2.05) is 12.1 Å². The van der Waals surface area contributed by atoms with Crippen LogP contribution < -0.4 is 11.1 Å². The summed E-state index contributed by atoms with van der Waals surface area (Å²) in [6.45, 7) is 2.26. The molecule has 0 radical (unpaired) electrons. The van der Waals surface area contributed by atoms with Gasteiger partial charge in [-0.1, -0.05) is 24.3 Å². The predicted octanol–water partition coefficient (Wildman–Crippen LogP) is 1.26. The van der Waals surface area contributed by atoms with Crippen molar-refractivity contribution in [2.75, 3.05) is 26.2 Å². The third-order valence-corrected chi connectivity index (χ3v) is 6.58. The molecule has 0 aliphatic carbocycles. The van der Waals surface area contributed by atoms with Gasteiger partial charge >= 0.3 is 0 Å². The van der Waals surface area contributed by atoms with Crippen molar-refractivity contribution >= 4 is 33.6 Å². The maximum atomic E-state index is 12.7. The lowest BCUT2D eigenvalue weighted by molar-refractivity contribution is -0.139. The minimum absolute atomic E-state index is 0.0593. The first-order valence-corrected chi connectivity index (χ1v) is 12.0. The largest absolute Gasteiger partial charge is 0.339 e. The second-order valence-electron chi connectivity index (χ2n) is 8.78. The molecule has 2 amide bonds. The highest BCUT2D eigenvalue weighted by Crippen LogP contribution is 2.09. The quantitative estimate of drug-likeness (QED) is 0.406. The molecule has 5 rings (SSSR count). The molecule has 10 nitrogen and oxygen atoms in total. The fourth-order valence-electron chi connectivity index (χ4n) is 4.48. The Morgan fingerprint density at radius 1 is 0.639 bits per heavy atom. The fourth-order valence-corrected chi connectivity index (χ4v) is 4.48. The van der Waals surface area contributed by atoms with Crippen LogP contribution in [0.25, 0.3) is 21.8 Å². The molecular weight excluding hydrogens is 460 g/mol. The Labute approximate surface area is 206 Å². The highest BCUT2D eigenvalue weighted by atomic mass is 16.2. The molecule has 0 saturated carbocycles. The van der Waals surface area contributed by atoms with E-state index in [-0.39, 0.29) is 48.9 Å². The molecule has 36 heavy (non-hydrogen) atoms. The first-order valence-electron chi connectivity index (χ1n) is 12.0. The predicted molar refractivity (Wildman–Crippen MR) is 134 cm³/mol. The molecule has 0 spiro atoms. The van der Waals surface area contributed by atoms with Gasteiger partial charge in [-0.15, -0.1) is 0 Å². The molecule has 0 bridgehead atoms. The van der Waals surface area contributed by atoms with Gasteiger partial charge in [0, 0.05) is 52.1 Å². The van der Waals surface area contributed by atoms with E-state index in [2.05, 4.69) is 9.97 Å². The second-order valence-corrected chi connectivity index (χ2v) is 8.78. The summed E-state index contributed by atoms with van der Waals surface area (Å²) in [5.41, 5.74) is 0.939. The molecule has 2 aromatic heterocycles. The monoisotopic (exact) mass is 486 g/mol. The molecule has 1 fully saturated rings. The molecular formula is C26H26N6O4. The average Bonchev–Trinajstić information content (AvgIpc) is 2.92. The Kier molecular flexibility index (Phi) is 6.57. The summed E-state index contributed by atoms with van der Waals surface area (Å²) >= 11 is 0. The first-order chi connectivity index (χ1) is 17.5. The van der Waals surface area contributed by atoms with Gasteiger partial charge in [0.05, 0.1) is 34.5 Å². The summed E-state index contributed by atoms with van der Waals surface area (Å²) in [6.07, 6.45) is 3.33. The van der Waals surface area contributed by atoms with Crippen molar-refractivity contribution < 1.29 is 9.59 Å². The normalized spacial score (nSPS) is 13.9. The average molecular weight is 487 g/mol. The Hall–Kier alpha value is -4.34. The van der Waals surface area contributed by atoms with Crippen LogP contribution in [0.1, 0.15) is 12.8 Å². The number of amides is 2. The number of para-hydroxylation sites is 2. The zero-order chi connectivity index (χ0) is 25.1. The van der Waals surface area contributed by atoms with E-state index in [9.17, 15) is 19.2 Å². The van der Waals surface area contributed by atoms with Crippen LogP contribution in [0, 0.1) is 0 Å². The Balaban J connectivity index is 1.12. The number of benzene rings is 2. The summed E-state index contributed by atoms with van der Waals surface area (Å²) in [7, 11) is 0. The van der Waals surface area contributed by atoms with Gasteiger partial charge in [0.25, 0.3) is 11.1 Å². The van der Waals surface area contributed by atoms with E-state index >= 15 is 0 Å². The maximum absolute atomic E-state index is 12.7. The summed E-state index contributed by atoms with van der Waals surface area (Å²) < 4.78 is 2.92. The minimum atomic E-state index is -0.162. The van der Waals surface area contributed by atoms with Crippen molar-refractivity contribution in [3.8, 4) is 0 Å². The van der Waals surface area contributed by atoms with Crippen LogP contribution in [0.2, 0.25) is 0 Å². The molecule has 0 N–H and O–H groups in total. The van der Waals surface area contributed by atoms with Crippen LogP contribution in [-0.4, -0.2) is 66.9 Å². The number of hydrogen-bond acceptors (Lipinski definition) is 6. The van der Waals surface area contributed by atoms with E-state index in [0.29, 0.717) is 48.0 Å². The highest BCUT2D eigenvalue weighted by Gasteiger charge is 2.24. The van der Waals surface area contributed by atoms with Gasteiger partial charge in [-0.25, -0.2) is 9.97 Å². The Morgan fingerprint density at radius 3 is 1.44 bits per heavy atom. The van der Waals surface area contributed by atoms with E-state index < -0.39 is 0 Å². The summed E-state index contributed by atoms with van der Waals surface area (Å²) in [4.78, 5) is 62.7. The molecule has 10 heteroatoms. The third kappa shape index (κ3) is 4.74. The van der Waals surface area contributed by atoms with Crippen LogP contribution in [0.4, 0.5) is 0 Å². The molecule has 1 aliphatic rings. The van der Waals surface area contributed by atoms with Crippen molar-refractivity contribution in [1.82, 2.24) is 28.9 Å². The molecule has 184 valence electrons. The first kappa shape index (κ1) is 23.4. The van der Waals surface area contributed by atoms with E-state index in [0.717, 1.165) is 0 Å². The number of rotatable bonds is 6. The number of aryl methyl sites for hydroxylation is 2. The third-order valence-electron chi connectivity index (χ3n) is 6.58. The van der Waals surface area contributed by atoms with E-state index in [1.165, 1.54) is 21.8 Å². The number of carbonyl (C=O) groups excluding carboxylic acids is 2. The van der Waals surface area contributed by atoms with E-state index in [4.69, 9.17) is 0 Å².